The second-order valence-electron chi connectivity index (χ2n) is 3.62. The highest BCUT2D eigenvalue weighted by Crippen LogP contribution is 2.38. The van der Waals surface area contributed by atoms with Gasteiger partial charge in [-0.3, -0.25) is 0 Å². The lowest BCUT2D eigenvalue weighted by atomic mass is 10.0. The minimum Gasteiger partial charge on any atom is -0.433 e. The van der Waals surface area contributed by atoms with E-state index in [1.165, 1.54) is 6.07 Å². The summed E-state index contributed by atoms with van der Waals surface area (Å²) in [7, 11) is 0. The van der Waals surface area contributed by atoms with E-state index in [-0.39, 0.29) is 10.8 Å². The number of halogens is 5. The highest BCUT2D eigenvalue weighted by molar-refractivity contribution is 6.42. The maximum atomic E-state index is 12.4. The summed E-state index contributed by atoms with van der Waals surface area (Å²) in [6, 6.07) is 9.51. The van der Waals surface area contributed by atoms with Crippen LogP contribution in [0.3, 0.4) is 0 Å². The van der Waals surface area contributed by atoms with Crippen LogP contribution in [0.4, 0.5) is 8.78 Å². The quantitative estimate of drug-likeness (QED) is 0.681. The summed E-state index contributed by atoms with van der Waals surface area (Å²) in [5.41, 5.74) is 1.01. The molecule has 2 rings (SSSR count). The molecule has 0 aliphatic rings. The van der Waals surface area contributed by atoms with Gasteiger partial charge in [0.15, 0.2) is 5.75 Å². The predicted octanol–water partition coefficient (Wildman–Crippen LogP) is 5.92. The van der Waals surface area contributed by atoms with Crippen LogP contribution in [0, 0.1) is 0 Å². The molecule has 0 spiro atoms. The largest absolute Gasteiger partial charge is 0.433 e. The standard InChI is InChI=1S/C13H7Cl3F2O/c14-9-5-4-7(6-11(9)16)8-2-1-3-10(15)12(8)19-13(17)18/h1-6,13H. The molecule has 1 nitrogen and oxygen atoms in total. The number of benzene rings is 2. The van der Waals surface area contributed by atoms with Crippen LogP contribution in [-0.4, -0.2) is 6.61 Å². The Morgan fingerprint density at radius 3 is 2.26 bits per heavy atom. The summed E-state index contributed by atoms with van der Waals surface area (Å²) in [4.78, 5) is 0. The molecule has 0 saturated heterocycles. The zero-order valence-corrected chi connectivity index (χ0v) is 11.6. The molecule has 0 atom stereocenters. The molecular formula is C13H7Cl3F2O. The van der Waals surface area contributed by atoms with Gasteiger partial charge in [-0.25, -0.2) is 0 Å². The van der Waals surface area contributed by atoms with E-state index < -0.39 is 6.61 Å². The fourth-order valence-corrected chi connectivity index (χ4v) is 2.13. The second-order valence-corrected chi connectivity index (χ2v) is 4.85. The average Bonchev–Trinajstić information content (AvgIpc) is 2.35. The highest BCUT2D eigenvalue weighted by atomic mass is 35.5. The van der Waals surface area contributed by atoms with Gasteiger partial charge in [-0.1, -0.05) is 53.0 Å². The molecule has 0 unspecified atom stereocenters. The van der Waals surface area contributed by atoms with Crippen molar-refractivity contribution in [3.8, 4) is 16.9 Å². The van der Waals surface area contributed by atoms with Gasteiger partial charge in [0.1, 0.15) is 0 Å². The lowest BCUT2D eigenvalue weighted by Gasteiger charge is -2.13. The Balaban J connectivity index is 2.54. The summed E-state index contributed by atoms with van der Waals surface area (Å²) in [6.45, 7) is -2.96. The van der Waals surface area contributed by atoms with Gasteiger partial charge in [-0.15, -0.1) is 0 Å². The Hall–Kier alpha value is -1.03. The first-order chi connectivity index (χ1) is 8.99. The molecule has 6 heteroatoms. The van der Waals surface area contributed by atoms with E-state index >= 15 is 0 Å². The van der Waals surface area contributed by atoms with Crippen LogP contribution in [0.5, 0.6) is 5.75 Å². The molecule has 0 aliphatic heterocycles. The van der Waals surface area contributed by atoms with Crippen LogP contribution in [0.1, 0.15) is 0 Å². The fraction of sp³-hybridized carbons (Fsp3) is 0.0769. The van der Waals surface area contributed by atoms with Gasteiger partial charge >= 0.3 is 6.61 Å². The lowest BCUT2D eigenvalue weighted by molar-refractivity contribution is -0.0493. The Morgan fingerprint density at radius 1 is 0.895 bits per heavy atom. The maximum absolute atomic E-state index is 12.4. The van der Waals surface area contributed by atoms with Crippen molar-refractivity contribution in [2.75, 3.05) is 0 Å². The van der Waals surface area contributed by atoms with Gasteiger partial charge in [0.05, 0.1) is 15.1 Å². The van der Waals surface area contributed by atoms with Crippen molar-refractivity contribution in [3.63, 3.8) is 0 Å². The Labute approximate surface area is 123 Å². The molecule has 0 saturated carbocycles. The summed E-state index contributed by atoms with van der Waals surface area (Å²) >= 11 is 17.6. The minimum atomic E-state index is -2.96. The molecule has 0 radical (unpaired) electrons. The first kappa shape index (κ1) is 14.4. The van der Waals surface area contributed by atoms with Crippen LogP contribution in [0.2, 0.25) is 15.1 Å². The first-order valence-corrected chi connectivity index (χ1v) is 6.31. The molecule has 0 aliphatic carbocycles. The molecule has 2 aromatic rings. The molecule has 0 heterocycles. The Morgan fingerprint density at radius 2 is 1.63 bits per heavy atom. The Kier molecular flexibility index (Phi) is 4.50. The van der Waals surface area contributed by atoms with E-state index in [0.717, 1.165) is 0 Å². The van der Waals surface area contributed by atoms with Gasteiger partial charge in [0, 0.05) is 5.56 Å². The fourth-order valence-electron chi connectivity index (χ4n) is 1.61. The van der Waals surface area contributed by atoms with Crippen molar-refractivity contribution in [2.45, 2.75) is 6.61 Å². The van der Waals surface area contributed by atoms with E-state index in [0.29, 0.717) is 21.2 Å². The van der Waals surface area contributed by atoms with Crippen LogP contribution < -0.4 is 4.74 Å². The Bertz CT molecular complexity index is 602. The minimum absolute atomic E-state index is 0.0856. The third-order valence-electron chi connectivity index (χ3n) is 2.40. The normalized spacial score (nSPS) is 10.8. The highest BCUT2D eigenvalue weighted by Gasteiger charge is 2.15. The summed E-state index contributed by atoms with van der Waals surface area (Å²) in [5, 5.41) is 0.801. The molecule has 0 bridgehead atoms. The molecule has 19 heavy (non-hydrogen) atoms. The van der Waals surface area contributed by atoms with E-state index in [1.54, 1.807) is 30.3 Å². The maximum Gasteiger partial charge on any atom is 0.387 e. The second kappa shape index (κ2) is 5.95. The van der Waals surface area contributed by atoms with Crippen molar-refractivity contribution in [3.05, 3.63) is 51.5 Å². The molecule has 2 aromatic carbocycles. The van der Waals surface area contributed by atoms with Crippen LogP contribution in [0.25, 0.3) is 11.1 Å². The number of ether oxygens (including phenoxy) is 1. The van der Waals surface area contributed by atoms with E-state index in [4.69, 9.17) is 34.8 Å². The van der Waals surface area contributed by atoms with Crippen molar-refractivity contribution < 1.29 is 13.5 Å². The lowest BCUT2D eigenvalue weighted by Crippen LogP contribution is -2.03. The molecule has 100 valence electrons. The zero-order valence-electron chi connectivity index (χ0n) is 9.34. The number of para-hydroxylation sites is 1. The molecule has 0 N–H and O–H groups in total. The number of rotatable bonds is 3. The zero-order chi connectivity index (χ0) is 14.0. The summed E-state index contributed by atoms with van der Waals surface area (Å²) < 4.78 is 29.3. The molecule has 0 amide bonds. The first-order valence-electron chi connectivity index (χ1n) is 5.18. The van der Waals surface area contributed by atoms with Crippen molar-refractivity contribution >= 4 is 34.8 Å². The van der Waals surface area contributed by atoms with E-state index in [9.17, 15) is 8.78 Å². The molecule has 0 fully saturated rings. The molecular weight excluding hydrogens is 316 g/mol. The predicted molar refractivity (Wildman–Crippen MR) is 73.5 cm³/mol. The third-order valence-corrected chi connectivity index (χ3v) is 3.44. The summed E-state index contributed by atoms with van der Waals surface area (Å²) in [6.07, 6.45) is 0. The van der Waals surface area contributed by atoms with Gasteiger partial charge in [0.25, 0.3) is 0 Å². The number of hydrogen-bond acceptors (Lipinski definition) is 1. The third kappa shape index (κ3) is 3.30. The number of alkyl halides is 2. The van der Waals surface area contributed by atoms with E-state index in [2.05, 4.69) is 4.74 Å². The van der Waals surface area contributed by atoms with Crippen LogP contribution in [0.15, 0.2) is 36.4 Å². The SMILES string of the molecule is FC(F)Oc1c(Cl)cccc1-c1ccc(Cl)c(Cl)c1. The topological polar surface area (TPSA) is 9.23 Å². The van der Waals surface area contributed by atoms with Gasteiger partial charge < -0.3 is 4.74 Å². The monoisotopic (exact) mass is 322 g/mol. The van der Waals surface area contributed by atoms with Crippen molar-refractivity contribution in [2.24, 2.45) is 0 Å². The van der Waals surface area contributed by atoms with Gasteiger partial charge in [0.2, 0.25) is 0 Å². The smallest absolute Gasteiger partial charge is 0.387 e. The summed E-state index contributed by atoms with van der Waals surface area (Å²) in [5.74, 6) is -0.0856. The van der Waals surface area contributed by atoms with Gasteiger partial charge in [-0.05, 0) is 23.8 Å². The average molecular weight is 324 g/mol. The number of hydrogen-bond donors (Lipinski definition) is 0. The van der Waals surface area contributed by atoms with Crippen molar-refractivity contribution in [1.29, 1.82) is 0 Å². The molecule has 0 aromatic heterocycles. The van der Waals surface area contributed by atoms with Crippen LogP contribution in [-0.2, 0) is 0 Å². The van der Waals surface area contributed by atoms with Crippen LogP contribution >= 0.6 is 34.8 Å². The van der Waals surface area contributed by atoms with Crippen molar-refractivity contribution in [1.82, 2.24) is 0 Å². The van der Waals surface area contributed by atoms with Gasteiger partial charge in [-0.2, -0.15) is 8.78 Å². The van der Waals surface area contributed by atoms with E-state index in [1.807, 2.05) is 0 Å².